The number of nitrogens with one attached hydrogen (secondary N) is 1. The van der Waals surface area contributed by atoms with Crippen molar-refractivity contribution in [3.8, 4) is 0 Å². The summed E-state index contributed by atoms with van der Waals surface area (Å²) in [5.74, 6) is -0.400. The first-order valence-electron chi connectivity index (χ1n) is 6.77. The number of aliphatic hydroxyl groups is 1. The summed E-state index contributed by atoms with van der Waals surface area (Å²) in [6.07, 6.45) is -1.12. The summed E-state index contributed by atoms with van der Waals surface area (Å²) in [4.78, 5) is 13.7. The predicted molar refractivity (Wildman–Crippen MR) is 81.4 cm³/mol. The van der Waals surface area contributed by atoms with E-state index in [2.05, 4.69) is 22.3 Å². The molecule has 0 aromatic heterocycles. The van der Waals surface area contributed by atoms with E-state index in [1.54, 1.807) is 6.07 Å². The van der Waals surface area contributed by atoms with Gasteiger partial charge in [-0.1, -0.05) is 35.9 Å². The predicted octanol–water partition coefficient (Wildman–Crippen LogP) is 2.85. The molecule has 2 aromatic carbocycles. The Morgan fingerprint density at radius 3 is 2.52 bits per heavy atom. The Morgan fingerprint density at radius 1 is 1.19 bits per heavy atom. The SMILES string of the molecule is O=C1Nc2cc(N3Cc4ccccc4C3)c(Cl)cc2C1O. The summed E-state index contributed by atoms with van der Waals surface area (Å²) in [5, 5.41) is 13.0. The molecule has 1 atom stereocenters. The number of carbonyl (C=O) groups is 1. The third-order valence-electron chi connectivity index (χ3n) is 4.10. The summed E-state index contributed by atoms with van der Waals surface area (Å²) in [5.41, 5.74) is 4.64. The molecule has 21 heavy (non-hydrogen) atoms. The van der Waals surface area contributed by atoms with E-state index >= 15 is 0 Å². The Hall–Kier alpha value is -2.04. The summed E-state index contributed by atoms with van der Waals surface area (Å²) in [7, 11) is 0. The van der Waals surface area contributed by atoms with Gasteiger partial charge in [0.1, 0.15) is 0 Å². The Labute approximate surface area is 127 Å². The van der Waals surface area contributed by atoms with E-state index in [0.717, 1.165) is 18.8 Å². The number of fused-ring (bicyclic) bond motifs is 2. The lowest BCUT2D eigenvalue weighted by atomic mass is 10.1. The van der Waals surface area contributed by atoms with E-state index in [9.17, 15) is 9.90 Å². The van der Waals surface area contributed by atoms with E-state index in [1.807, 2.05) is 18.2 Å². The normalized spacial score (nSPS) is 19.4. The number of aliphatic hydroxyl groups excluding tert-OH is 1. The molecule has 2 aromatic rings. The molecular formula is C16H13ClN2O2. The fraction of sp³-hybridized carbons (Fsp3) is 0.188. The van der Waals surface area contributed by atoms with E-state index in [4.69, 9.17) is 11.6 Å². The number of benzene rings is 2. The second-order valence-corrected chi connectivity index (χ2v) is 5.81. The number of halogens is 1. The third-order valence-corrected chi connectivity index (χ3v) is 4.40. The summed E-state index contributed by atoms with van der Waals surface area (Å²) < 4.78 is 0. The smallest absolute Gasteiger partial charge is 0.257 e. The van der Waals surface area contributed by atoms with Crippen LogP contribution in [0.2, 0.25) is 5.02 Å². The highest BCUT2D eigenvalue weighted by molar-refractivity contribution is 6.33. The monoisotopic (exact) mass is 300 g/mol. The first-order valence-corrected chi connectivity index (χ1v) is 7.15. The maximum atomic E-state index is 11.5. The van der Waals surface area contributed by atoms with Crippen LogP contribution in [0.4, 0.5) is 11.4 Å². The van der Waals surface area contributed by atoms with Crippen molar-refractivity contribution in [1.29, 1.82) is 0 Å². The first-order chi connectivity index (χ1) is 10.1. The minimum absolute atomic E-state index is 0.400. The second-order valence-electron chi connectivity index (χ2n) is 5.41. The summed E-state index contributed by atoms with van der Waals surface area (Å²) in [6.45, 7) is 1.59. The number of anilines is 2. The Kier molecular flexibility index (Phi) is 2.71. The molecule has 2 N–H and O–H groups in total. The van der Waals surface area contributed by atoms with Gasteiger partial charge in [-0.15, -0.1) is 0 Å². The van der Waals surface area contributed by atoms with Crippen LogP contribution in [-0.2, 0) is 17.9 Å². The standard InChI is InChI=1S/C16H13ClN2O2/c17-12-5-11-13(18-16(21)15(11)20)6-14(12)19-7-9-3-1-2-4-10(9)8-19/h1-6,15,20H,7-8H2,(H,18,21). The zero-order chi connectivity index (χ0) is 14.6. The van der Waals surface area contributed by atoms with Gasteiger partial charge in [0.15, 0.2) is 6.10 Å². The molecule has 1 amide bonds. The van der Waals surface area contributed by atoms with Gasteiger partial charge in [0, 0.05) is 24.3 Å². The van der Waals surface area contributed by atoms with Crippen molar-refractivity contribution in [2.75, 3.05) is 10.2 Å². The van der Waals surface area contributed by atoms with Crippen molar-refractivity contribution in [3.63, 3.8) is 0 Å². The lowest BCUT2D eigenvalue weighted by molar-refractivity contribution is -0.123. The maximum Gasteiger partial charge on any atom is 0.257 e. The van der Waals surface area contributed by atoms with Crippen LogP contribution < -0.4 is 10.2 Å². The Balaban J connectivity index is 1.72. The zero-order valence-electron chi connectivity index (χ0n) is 11.1. The molecule has 2 aliphatic rings. The van der Waals surface area contributed by atoms with Crippen LogP contribution in [0.3, 0.4) is 0 Å². The van der Waals surface area contributed by atoms with Crippen LogP contribution in [0.25, 0.3) is 0 Å². The highest BCUT2D eigenvalue weighted by Gasteiger charge is 2.31. The largest absolute Gasteiger partial charge is 0.378 e. The molecule has 4 nitrogen and oxygen atoms in total. The molecule has 0 bridgehead atoms. The van der Waals surface area contributed by atoms with Crippen LogP contribution in [0, 0.1) is 0 Å². The minimum Gasteiger partial charge on any atom is -0.378 e. The van der Waals surface area contributed by atoms with E-state index < -0.39 is 12.0 Å². The molecule has 0 spiro atoms. The fourth-order valence-corrected chi connectivity index (χ4v) is 3.29. The molecular weight excluding hydrogens is 288 g/mol. The first kappa shape index (κ1) is 12.7. The van der Waals surface area contributed by atoms with Gasteiger partial charge in [-0.05, 0) is 23.3 Å². The number of carbonyl (C=O) groups excluding carboxylic acids is 1. The van der Waals surface area contributed by atoms with Crippen LogP contribution in [0.15, 0.2) is 36.4 Å². The van der Waals surface area contributed by atoms with Gasteiger partial charge < -0.3 is 15.3 Å². The Morgan fingerprint density at radius 2 is 1.86 bits per heavy atom. The molecule has 1 unspecified atom stereocenters. The maximum absolute atomic E-state index is 11.5. The van der Waals surface area contributed by atoms with Gasteiger partial charge in [-0.25, -0.2) is 0 Å². The molecule has 4 rings (SSSR count). The van der Waals surface area contributed by atoms with Gasteiger partial charge in [-0.2, -0.15) is 0 Å². The topological polar surface area (TPSA) is 52.6 Å². The number of hydrogen-bond acceptors (Lipinski definition) is 3. The Bertz CT molecular complexity index is 735. The fourth-order valence-electron chi connectivity index (χ4n) is 3.00. The third kappa shape index (κ3) is 1.91. The molecule has 106 valence electrons. The summed E-state index contributed by atoms with van der Waals surface area (Å²) >= 11 is 6.35. The highest BCUT2D eigenvalue weighted by atomic mass is 35.5. The molecule has 0 fully saturated rings. The number of hydrogen-bond donors (Lipinski definition) is 2. The van der Waals surface area contributed by atoms with Crippen LogP contribution >= 0.6 is 11.6 Å². The van der Waals surface area contributed by atoms with Gasteiger partial charge in [0.2, 0.25) is 0 Å². The van der Waals surface area contributed by atoms with Crippen molar-refractivity contribution in [2.45, 2.75) is 19.2 Å². The average molecular weight is 301 g/mol. The quantitative estimate of drug-likeness (QED) is 0.851. The molecule has 0 aliphatic carbocycles. The minimum atomic E-state index is -1.12. The lowest BCUT2D eigenvalue weighted by Crippen LogP contribution is -2.15. The molecule has 5 heteroatoms. The van der Waals surface area contributed by atoms with Gasteiger partial charge in [0.25, 0.3) is 5.91 Å². The van der Waals surface area contributed by atoms with Crippen molar-refractivity contribution < 1.29 is 9.90 Å². The van der Waals surface area contributed by atoms with E-state index in [-0.39, 0.29) is 0 Å². The average Bonchev–Trinajstić information content (AvgIpc) is 3.01. The highest BCUT2D eigenvalue weighted by Crippen LogP contribution is 2.41. The van der Waals surface area contributed by atoms with Crippen molar-refractivity contribution in [2.24, 2.45) is 0 Å². The number of rotatable bonds is 1. The van der Waals surface area contributed by atoms with Gasteiger partial charge >= 0.3 is 0 Å². The van der Waals surface area contributed by atoms with Gasteiger partial charge in [0.05, 0.1) is 10.7 Å². The molecule has 2 heterocycles. The molecule has 2 aliphatic heterocycles. The van der Waals surface area contributed by atoms with E-state index in [0.29, 0.717) is 16.3 Å². The zero-order valence-corrected chi connectivity index (χ0v) is 11.9. The second kappa shape index (κ2) is 4.48. The molecule has 0 saturated heterocycles. The van der Waals surface area contributed by atoms with Crippen molar-refractivity contribution in [3.05, 3.63) is 58.1 Å². The molecule has 0 saturated carbocycles. The van der Waals surface area contributed by atoms with Gasteiger partial charge in [-0.3, -0.25) is 4.79 Å². The van der Waals surface area contributed by atoms with Crippen molar-refractivity contribution in [1.82, 2.24) is 0 Å². The van der Waals surface area contributed by atoms with Crippen LogP contribution in [-0.4, -0.2) is 11.0 Å². The summed E-state index contributed by atoms with van der Waals surface area (Å²) in [6, 6.07) is 11.8. The lowest BCUT2D eigenvalue weighted by Gasteiger charge is -2.20. The number of amides is 1. The molecule has 0 radical (unpaired) electrons. The van der Waals surface area contributed by atoms with Crippen molar-refractivity contribution >= 4 is 28.9 Å². The van der Waals surface area contributed by atoms with Crippen LogP contribution in [0.5, 0.6) is 0 Å². The van der Waals surface area contributed by atoms with Crippen LogP contribution in [0.1, 0.15) is 22.8 Å². The number of nitrogens with zero attached hydrogens (tertiary/aromatic N) is 1. The van der Waals surface area contributed by atoms with E-state index in [1.165, 1.54) is 11.1 Å².